The first-order valence-corrected chi connectivity index (χ1v) is 7.22. The van der Waals surface area contributed by atoms with E-state index in [0.29, 0.717) is 30.8 Å². The molecule has 6 heteroatoms. The van der Waals surface area contributed by atoms with Crippen molar-refractivity contribution >= 4 is 27.7 Å². The van der Waals surface area contributed by atoms with E-state index < -0.39 is 0 Å². The van der Waals surface area contributed by atoms with Crippen molar-refractivity contribution in [2.45, 2.75) is 13.0 Å². The van der Waals surface area contributed by atoms with E-state index in [1.54, 1.807) is 25.3 Å². The number of amides is 2. The Morgan fingerprint density at radius 1 is 1.30 bits per heavy atom. The highest BCUT2D eigenvalue weighted by Crippen LogP contribution is 2.25. The number of nitrogens with zero attached hydrogens (tertiary/aromatic N) is 1. The largest absolute Gasteiger partial charge is 0.383 e. The molecular weight excluding hydrogens is 324 g/mol. The van der Waals surface area contributed by atoms with E-state index in [0.717, 1.165) is 4.47 Å². The molecule has 1 unspecified atom stereocenters. The molecule has 20 heavy (non-hydrogen) atoms. The number of nitrogens with one attached hydrogen (secondary N) is 1. The second-order valence-electron chi connectivity index (χ2n) is 4.76. The van der Waals surface area contributed by atoms with Crippen LogP contribution in [-0.2, 0) is 4.74 Å². The molecule has 0 saturated carbocycles. The molecule has 0 saturated heterocycles. The molecule has 0 aromatic heterocycles. The molecule has 0 bridgehead atoms. The van der Waals surface area contributed by atoms with Gasteiger partial charge in [0, 0.05) is 30.7 Å². The third kappa shape index (κ3) is 3.08. The average Bonchev–Trinajstić information content (AvgIpc) is 2.63. The van der Waals surface area contributed by atoms with Crippen molar-refractivity contribution in [3.63, 3.8) is 0 Å². The molecule has 108 valence electrons. The summed E-state index contributed by atoms with van der Waals surface area (Å²) in [6, 6.07) is 5.33. The second-order valence-corrected chi connectivity index (χ2v) is 5.68. The Kier molecular flexibility index (Phi) is 4.91. The monoisotopic (exact) mass is 340 g/mol. The zero-order valence-corrected chi connectivity index (χ0v) is 13.1. The normalized spacial score (nSPS) is 15.7. The molecule has 1 N–H and O–H groups in total. The molecular formula is C14H17BrN2O3. The van der Waals surface area contributed by atoms with Crippen molar-refractivity contribution in [2.24, 2.45) is 0 Å². The van der Waals surface area contributed by atoms with Crippen LogP contribution >= 0.6 is 15.9 Å². The molecule has 2 amide bonds. The third-order valence-corrected chi connectivity index (χ3v) is 3.67. The van der Waals surface area contributed by atoms with Gasteiger partial charge in [-0.05, 0) is 25.1 Å². The third-order valence-electron chi connectivity index (χ3n) is 3.18. The number of rotatable bonds is 6. The predicted octanol–water partition coefficient (Wildman–Crippen LogP) is 1.67. The lowest BCUT2D eigenvalue weighted by Crippen LogP contribution is -2.40. The summed E-state index contributed by atoms with van der Waals surface area (Å²) in [7, 11) is 1.64. The van der Waals surface area contributed by atoms with Gasteiger partial charge in [-0.15, -0.1) is 0 Å². The van der Waals surface area contributed by atoms with Crippen molar-refractivity contribution in [1.29, 1.82) is 0 Å². The van der Waals surface area contributed by atoms with Gasteiger partial charge in [0.25, 0.3) is 11.8 Å². The van der Waals surface area contributed by atoms with Gasteiger partial charge in [0.15, 0.2) is 0 Å². The quantitative estimate of drug-likeness (QED) is 0.800. The number of halogens is 1. The lowest BCUT2D eigenvalue weighted by Gasteiger charge is -2.17. The maximum atomic E-state index is 12.2. The summed E-state index contributed by atoms with van der Waals surface area (Å²) >= 11 is 3.31. The summed E-state index contributed by atoms with van der Waals surface area (Å²) in [6.07, 6.45) is 0. The standard InChI is InChI=1S/C14H17BrN2O3/c1-9(8-20-2)16-5-6-17-13(18)11-4-3-10(15)7-12(11)14(17)19/h3-4,7,9,16H,5-6,8H2,1-2H3. The molecule has 2 rings (SSSR count). The minimum absolute atomic E-state index is 0.185. The number of hydrogen-bond donors (Lipinski definition) is 1. The van der Waals surface area contributed by atoms with E-state index in [9.17, 15) is 9.59 Å². The van der Waals surface area contributed by atoms with E-state index in [4.69, 9.17) is 4.74 Å². The van der Waals surface area contributed by atoms with E-state index in [1.165, 1.54) is 4.90 Å². The molecule has 1 aromatic carbocycles. The van der Waals surface area contributed by atoms with Gasteiger partial charge in [-0.3, -0.25) is 14.5 Å². The Hall–Kier alpha value is -1.24. The molecule has 0 spiro atoms. The predicted molar refractivity (Wildman–Crippen MR) is 78.8 cm³/mol. The first-order valence-electron chi connectivity index (χ1n) is 6.42. The fraction of sp³-hybridized carbons (Fsp3) is 0.429. The molecule has 0 radical (unpaired) electrons. The van der Waals surface area contributed by atoms with E-state index >= 15 is 0 Å². The van der Waals surface area contributed by atoms with Crippen molar-refractivity contribution < 1.29 is 14.3 Å². The van der Waals surface area contributed by atoms with Crippen LogP contribution in [-0.4, -0.2) is 49.6 Å². The smallest absolute Gasteiger partial charge is 0.261 e. The number of ether oxygens (including phenoxy) is 1. The number of methoxy groups -OCH3 is 1. The van der Waals surface area contributed by atoms with Crippen molar-refractivity contribution in [2.75, 3.05) is 26.8 Å². The van der Waals surface area contributed by atoms with Crippen LogP contribution in [0.5, 0.6) is 0 Å². The highest BCUT2D eigenvalue weighted by molar-refractivity contribution is 9.10. The van der Waals surface area contributed by atoms with Crippen LogP contribution in [0.4, 0.5) is 0 Å². The lowest BCUT2D eigenvalue weighted by atomic mass is 10.1. The number of hydrogen-bond acceptors (Lipinski definition) is 4. The summed E-state index contributed by atoms with van der Waals surface area (Å²) in [5.74, 6) is -0.453. The summed E-state index contributed by atoms with van der Waals surface area (Å²) in [5.41, 5.74) is 0.942. The number of carbonyl (C=O) groups is 2. The number of carbonyl (C=O) groups excluding carboxylic acids is 2. The fourth-order valence-electron chi connectivity index (χ4n) is 2.20. The summed E-state index contributed by atoms with van der Waals surface area (Å²) < 4.78 is 5.81. The lowest BCUT2D eigenvalue weighted by molar-refractivity contribution is 0.0653. The first kappa shape index (κ1) is 15.2. The molecule has 1 aliphatic heterocycles. The van der Waals surface area contributed by atoms with Crippen LogP contribution in [0.15, 0.2) is 22.7 Å². The van der Waals surface area contributed by atoms with Crippen LogP contribution in [0.3, 0.4) is 0 Å². The van der Waals surface area contributed by atoms with Crippen LogP contribution in [0.2, 0.25) is 0 Å². The molecule has 0 aliphatic carbocycles. The topological polar surface area (TPSA) is 58.6 Å². The first-order chi connectivity index (χ1) is 9.54. The minimum atomic E-state index is -0.229. The maximum Gasteiger partial charge on any atom is 0.261 e. The van der Waals surface area contributed by atoms with Gasteiger partial charge in [0.2, 0.25) is 0 Å². The van der Waals surface area contributed by atoms with Crippen LogP contribution in [0.25, 0.3) is 0 Å². The SMILES string of the molecule is COCC(C)NCCN1C(=O)c2ccc(Br)cc2C1=O. The Morgan fingerprint density at radius 2 is 2.00 bits per heavy atom. The number of fused-ring (bicyclic) bond motifs is 1. The van der Waals surface area contributed by atoms with E-state index in [2.05, 4.69) is 21.2 Å². The zero-order chi connectivity index (χ0) is 14.7. The average molecular weight is 341 g/mol. The van der Waals surface area contributed by atoms with Gasteiger partial charge < -0.3 is 10.1 Å². The fourth-order valence-corrected chi connectivity index (χ4v) is 2.56. The van der Waals surface area contributed by atoms with Crippen molar-refractivity contribution in [3.8, 4) is 0 Å². The molecule has 1 aromatic rings. The van der Waals surface area contributed by atoms with Gasteiger partial charge in [0.05, 0.1) is 17.7 Å². The molecule has 1 atom stereocenters. The highest BCUT2D eigenvalue weighted by Gasteiger charge is 2.35. The summed E-state index contributed by atoms with van der Waals surface area (Å²) in [5, 5.41) is 3.21. The van der Waals surface area contributed by atoms with Crippen LogP contribution in [0.1, 0.15) is 27.6 Å². The summed E-state index contributed by atoms with van der Waals surface area (Å²) in [6.45, 7) is 3.49. The van der Waals surface area contributed by atoms with Crippen LogP contribution in [0, 0.1) is 0 Å². The number of benzene rings is 1. The van der Waals surface area contributed by atoms with Gasteiger partial charge >= 0.3 is 0 Å². The second kappa shape index (κ2) is 6.47. The van der Waals surface area contributed by atoms with Gasteiger partial charge in [0.1, 0.15) is 0 Å². The van der Waals surface area contributed by atoms with E-state index in [-0.39, 0.29) is 17.9 Å². The Morgan fingerprint density at radius 3 is 2.70 bits per heavy atom. The molecule has 1 aliphatic rings. The molecule has 1 heterocycles. The Bertz CT molecular complexity index is 533. The van der Waals surface area contributed by atoms with Crippen molar-refractivity contribution in [1.82, 2.24) is 10.2 Å². The van der Waals surface area contributed by atoms with E-state index in [1.807, 2.05) is 6.92 Å². The molecule has 0 fully saturated rings. The molecule has 5 nitrogen and oxygen atoms in total. The highest BCUT2D eigenvalue weighted by atomic mass is 79.9. The zero-order valence-electron chi connectivity index (χ0n) is 11.5. The Balaban J connectivity index is 1.98. The van der Waals surface area contributed by atoms with Crippen LogP contribution < -0.4 is 5.32 Å². The Labute approximate surface area is 126 Å². The van der Waals surface area contributed by atoms with Crippen molar-refractivity contribution in [3.05, 3.63) is 33.8 Å². The summed E-state index contributed by atoms with van der Waals surface area (Å²) in [4.78, 5) is 25.6. The van der Waals surface area contributed by atoms with Gasteiger partial charge in [-0.1, -0.05) is 15.9 Å². The minimum Gasteiger partial charge on any atom is -0.383 e. The maximum absolute atomic E-state index is 12.2. The van der Waals surface area contributed by atoms with Gasteiger partial charge in [-0.25, -0.2) is 0 Å². The van der Waals surface area contributed by atoms with Gasteiger partial charge in [-0.2, -0.15) is 0 Å². The number of imide groups is 1.